The van der Waals surface area contributed by atoms with E-state index in [1.807, 2.05) is 115 Å². The largest absolute Gasteiger partial charge is 0.422 e. The molecule has 0 aliphatic heterocycles. The summed E-state index contributed by atoms with van der Waals surface area (Å²) < 4.78 is 8.38. The van der Waals surface area contributed by atoms with E-state index in [1.165, 1.54) is 0 Å². The minimum Gasteiger partial charge on any atom is -0.422 e. The highest BCUT2D eigenvalue weighted by Crippen LogP contribution is 2.36. The van der Waals surface area contributed by atoms with E-state index in [0.29, 0.717) is 28.2 Å². The van der Waals surface area contributed by atoms with Gasteiger partial charge in [0.2, 0.25) is 0 Å². The number of halogens is 1. The highest BCUT2D eigenvalue weighted by Gasteiger charge is 2.23. The Bertz CT molecular complexity index is 1970. The van der Waals surface area contributed by atoms with Crippen molar-refractivity contribution in [2.24, 2.45) is 0 Å². The number of rotatable bonds is 5. The van der Waals surface area contributed by atoms with Gasteiger partial charge >= 0.3 is 5.63 Å². The van der Waals surface area contributed by atoms with Crippen LogP contribution in [0.25, 0.3) is 61.8 Å². The summed E-state index contributed by atoms with van der Waals surface area (Å²) in [5.74, 6) is 0.601. The van der Waals surface area contributed by atoms with Gasteiger partial charge in [-0.15, -0.1) is 0 Å². The maximum absolute atomic E-state index is 13.3. The number of benzene rings is 4. The molecule has 3 aromatic heterocycles. The zero-order chi connectivity index (χ0) is 27.1. The Morgan fingerprint density at radius 2 is 1.40 bits per heavy atom. The number of nitrogens with one attached hydrogen (secondary N) is 1. The third kappa shape index (κ3) is 4.36. The van der Waals surface area contributed by atoms with Gasteiger partial charge in [-0.3, -0.25) is 0 Å². The molecule has 192 valence electrons. The fourth-order valence-corrected chi connectivity index (χ4v) is 5.22. The number of imidazole rings is 1. The molecule has 0 atom stereocenters. The summed E-state index contributed by atoms with van der Waals surface area (Å²) >= 11 is 3.52. The number of nitrogens with zero attached hydrogens (tertiary/aromatic N) is 3. The Balaban J connectivity index is 1.49. The molecule has 6 nitrogen and oxygen atoms in total. The zero-order valence-corrected chi connectivity index (χ0v) is 22.7. The number of H-pyrrole nitrogens is 1. The monoisotopic (exact) mass is 584 g/mol. The molecule has 7 rings (SSSR count). The Morgan fingerprint density at radius 3 is 2.12 bits per heavy atom. The molecular weight excluding hydrogens is 564 g/mol. The summed E-state index contributed by atoms with van der Waals surface area (Å²) in [6.45, 7) is 0. The summed E-state index contributed by atoms with van der Waals surface area (Å²) in [6, 6.07) is 37.3. The van der Waals surface area contributed by atoms with E-state index >= 15 is 0 Å². The first kappa shape index (κ1) is 24.1. The van der Waals surface area contributed by atoms with E-state index in [0.717, 1.165) is 38.1 Å². The van der Waals surface area contributed by atoms with Gasteiger partial charge in [0.25, 0.3) is 0 Å². The fourth-order valence-electron chi connectivity index (χ4n) is 4.84. The van der Waals surface area contributed by atoms with Crippen LogP contribution in [0.15, 0.2) is 135 Å². The molecule has 0 amide bonds. The number of hydrogen-bond donors (Lipinski definition) is 1. The third-order valence-electron chi connectivity index (χ3n) is 6.75. The first-order chi connectivity index (χ1) is 19.6. The van der Waals surface area contributed by atoms with E-state index in [9.17, 15) is 4.79 Å². The first-order valence-electron chi connectivity index (χ1n) is 12.7. The number of fused-ring (bicyclic) bond motifs is 1. The molecule has 40 heavy (non-hydrogen) atoms. The molecule has 0 spiro atoms. The van der Waals surface area contributed by atoms with Crippen LogP contribution in [-0.2, 0) is 0 Å². The second kappa shape index (κ2) is 9.94. The van der Waals surface area contributed by atoms with E-state index in [2.05, 4.69) is 20.9 Å². The molecule has 7 aromatic rings. The van der Waals surface area contributed by atoms with Crippen LogP contribution in [0, 0.1) is 0 Å². The Hall–Kier alpha value is -5.01. The van der Waals surface area contributed by atoms with Crippen LogP contribution in [0.1, 0.15) is 0 Å². The topological polar surface area (TPSA) is 76.7 Å². The first-order valence-corrected chi connectivity index (χ1v) is 13.5. The van der Waals surface area contributed by atoms with Gasteiger partial charge < -0.3 is 9.40 Å². The Morgan fingerprint density at radius 1 is 0.725 bits per heavy atom. The molecule has 7 heteroatoms. The van der Waals surface area contributed by atoms with Crippen molar-refractivity contribution < 1.29 is 4.42 Å². The van der Waals surface area contributed by atoms with Crippen molar-refractivity contribution in [2.75, 3.05) is 0 Å². The average Bonchev–Trinajstić information content (AvgIpc) is 3.64. The standard InChI is InChI=1S/C33H21BrN4O2/c34-24-16-17-28-23(18-24)19-26(33(39)40-28)31-27(20-38(37-31)25-14-8-3-9-15-25)32-35-29(21-10-4-1-5-11-21)30(36-32)22-12-6-2-7-13-22/h1-20H,(H,35,36). The smallest absolute Gasteiger partial charge is 0.345 e. The predicted octanol–water partition coefficient (Wildman–Crippen LogP) is 8.13. The molecule has 0 fully saturated rings. The molecule has 0 saturated carbocycles. The van der Waals surface area contributed by atoms with Gasteiger partial charge in [0.05, 0.1) is 28.2 Å². The molecule has 0 bridgehead atoms. The van der Waals surface area contributed by atoms with Crippen LogP contribution in [0.5, 0.6) is 0 Å². The lowest BCUT2D eigenvalue weighted by atomic mass is 10.1. The fraction of sp³-hybridized carbons (Fsp3) is 0. The van der Waals surface area contributed by atoms with Crippen molar-refractivity contribution in [1.29, 1.82) is 0 Å². The molecular formula is C33H21BrN4O2. The van der Waals surface area contributed by atoms with E-state index in [4.69, 9.17) is 14.5 Å². The molecule has 1 N–H and O–H groups in total. The summed E-state index contributed by atoms with van der Waals surface area (Å²) in [7, 11) is 0. The molecule has 4 aromatic carbocycles. The predicted molar refractivity (Wildman–Crippen MR) is 161 cm³/mol. The van der Waals surface area contributed by atoms with Crippen LogP contribution in [-0.4, -0.2) is 19.7 Å². The number of hydrogen-bond acceptors (Lipinski definition) is 4. The van der Waals surface area contributed by atoms with Crippen LogP contribution in [0.4, 0.5) is 0 Å². The normalized spacial score (nSPS) is 11.2. The van der Waals surface area contributed by atoms with Crippen molar-refractivity contribution >= 4 is 26.9 Å². The van der Waals surface area contributed by atoms with Gasteiger partial charge in [-0.1, -0.05) is 94.8 Å². The average molecular weight is 585 g/mol. The summed E-state index contributed by atoms with van der Waals surface area (Å²) in [5, 5.41) is 5.68. The van der Waals surface area contributed by atoms with E-state index < -0.39 is 5.63 Å². The molecule has 0 unspecified atom stereocenters. The van der Waals surface area contributed by atoms with Crippen molar-refractivity contribution in [2.45, 2.75) is 0 Å². The van der Waals surface area contributed by atoms with Crippen LogP contribution in [0.2, 0.25) is 0 Å². The second-order valence-corrected chi connectivity index (χ2v) is 10.3. The van der Waals surface area contributed by atoms with Crippen LogP contribution in [0.3, 0.4) is 0 Å². The van der Waals surface area contributed by atoms with Crippen LogP contribution >= 0.6 is 15.9 Å². The van der Waals surface area contributed by atoms with Crippen molar-refractivity contribution in [3.8, 4) is 50.8 Å². The lowest BCUT2D eigenvalue weighted by Crippen LogP contribution is -2.04. The quantitative estimate of drug-likeness (QED) is 0.207. The van der Waals surface area contributed by atoms with Gasteiger partial charge in [0, 0.05) is 27.2 Å². The number of aromatic amines is 1. The highest BCUT2D eigenvalue weighted by molar-refractivity contribution is 9.10. The van der Waals surface area contributed by atoms with Crippen molar-refractivity contribution in [3.05, 3.63) is 136 Å². The SMILES string of the molecule is O=c1oc2ccc(Br)cc2cc1-c1nn(-c2ccccc2)cc1-c1nc(-c2ccccc2)c(-c2ccccc2)[nH]1. The lowest BCUT2D eigenvalue weighted by Gasteiger charge is -2.03. The minimum atomic E-state index is -0.465. The van der Waals surface area contributed by atoms with Gasteiger partial charge in [0.15, 0.2) is 0 Å². The molecule has 0 radical (unpaired) electrons. The maximum Gasteiger partial charge on any atom is 0.345 e. The second-order valence-electron chi connectivity index (χ2n) is 9.34. The van der Waals surface area contributed by atoms with Gasteiger partial charge in [0.1, 0.15) is 17.1 Å². The van der Waals surface area contributed by atoms with E-state index in [1.54, 1.807) is 10.7 Å². The third-order valence-corrected chi connectivity index (χ3v) is 7.25. The van der Waals surface area contributed by atoms with E-state index in [-0.39, 0.29) is 0 Å². The summed E-state index contributed by atoms with van der Waals surface area (Å²) in [5.41, 5.74) is 6.12. The maximum atomic E-state index is 13.3. The summed E-state index contributed by atoms with van der Waals surface area (Å²) in [6.07, 6.45) is 1.90. The van der Waals surface area contributed by atoms with Crippen molar-refractivity contribution in [3.63, 3.8) is 0 Å². The number of para-hydroxylation sites is 1. The Labute approximate surface area is 237 Å². The van der Waals surface area contributed by atoms with Gasteiger partial charge in [-0.25, -0.2) is 14.5 Å². The summed E-state index contributed by atoms with van der Waals surface area (Å²) in [4.78, 5) is 21.9. The molecule has 0 aliphatic rings. The zero-order valence-electron chi connectivity index (χ0n) is 21.1. The minimum absolute atomic E-state index is 0.356. The number of aromatic nitrogens is 4. The van der Waals surface area contributed by atoms with Crippen LogP contribution < -0.4 is 5.63 Å². The molecule has 0 aliphatic carbocycles. The van der Waals surface area contributed by atoms with Gasteiger partial charge in [-0.2, -0.15) is 5.10 Å². The van der Waals surface area contributed by atoms with Crippen molar-refractivity contribution in [1.82, 2.24) is 19.7 Å². The molecule has 0 saturated heterocycles. The lowest BCUT2D eigenvalue weighted by molar-refractivity contribution is 0.563. The molecule has 3 heterocycles. The highest BCUT2D eigenvalue weighted by atomic mass is 79.9. The van der Waals surface area contributed by atoms with Gasteiger partial charge in [-0.05, 0) is 36.4 Å². The Kier molecular flexibility index (Phi) is 5.98.